The topological polar surface area (TPSA) is 53.1 Å². The third-order valence-electron chi connectivity index (χ3n) is 1.57. The molecule has 0 aliphatic rings. The van der Waals surface area contributed by atoms with Crippen LogP contribution >= 0.6 is 0 Å². The fourth-order valence-corrected chi connectivity index (χ4v) is 0.936. The minimum Gasteiger partial charge on any atom is -0.387 e. The maximum Gasteiger partial charge on any atom is 0.401 e. The first-order valence-corrected chi connectivity index (χ1v) is 3.81. The quantitative estimate of drug-likeness (QED) is 0.523. The van der Waals surface area contributed by atoms with Crippen molar-refractivity contribution in [3.8, 4) is 0 Å². The van der Waals surface area contributed by atoms with Crippen molar-refractivity contribution >= 4 is 5.84 Å². The van der Waals surface area contributed by atoms with E-state index in [2.05, 4.69) is 0 Å². The third-order valence-corrected chi connectivity index (χ3v) is 1.57. The summed E-state index contributed by atoms with van der Waals surface area (Å²) in [7, 11) is 1.35. The van der Waals surface area contributed by atoms with E-state index in [1.807, 2.05) is 0 Å². The Morgan fingerprint density at radius 1 is 1.54 bits per heavy atom. The number of amidine groups is 1. The number of alkyl halides is 3. The van der Waals surface area contributed by atoms with Crippen molar-refractivity contribution < 1.29 is 13.2 Å². The molecule has 13 heavy (non-hydrogen) atoms. The molecule has 0 heterocycles. The van der Waals surface area contributed by atoms with Crippen molar-refractivity contribution in [2.45, 2.75) is 13.1 Å². The predicted molar refractivity (Wildman–Crippen MR) is 44.6 cm³/mol. The second-order valence-electron chi connectivity index (χ2n) is 3.17. The van der Waals surface area contributed by atoms with Crippen LogP contribution in [0.5, 0.6) is 0 Å². The summed E-state index contributed by atoms with van der Waals surface area (Å²) < 4.78 is 35.5. The molecule has 0 saturated heterocycles. The molecule has 0 amide bonds. The standard InChI is InChI=1S/C7H14F3N3/c1-5(6(11)12)3-13(2)4-7(8,9)10/h5H,3-4H2,1-2H3,(H3,11,12). The van der Waals surface area contributed by atoms with E-state index in [9.17, 15) is 13.2 Å². The molecule has 0 bridgehead atoms. The van der Waals surface area contributed by atoms with Gasteiger partial charge in [0, 0.05) is 12.5 Å². The first kappa shape index (κ1) is 12.2. The van der Waals surface area contributed by atoms with Gasteiger partial charge in [0.05, 0.1) is 12.4 Å². The zero-order valence-corrected chi connectivity index (χ0v) is 7.65. The van der Waals surface area contributed by atoms with Crippen LogP contribution < -0.4 is 5.73 Å². The van der Waals surface area contributed by atoms with E-state index in [1.165, 1.54) is 7.05 Å². The lowest BCUT2D eigenvalue weighted by Crippen LogP contribution is -2.37. The molecule has 0 aliphatic carbocycles. The van der Waals surface area contributed by atoms with Crippen molar-refractivity contribution in [2.24, 2.45) is 11.7 Å². The molecule has 0 aliphatic heterocycles. The Bertz CT molecular complexity index is 178. The van der Waals surface area contributed by atoms with E-state index in [0.717, 1.165) is 4.90 Å². The molecule has 0 aromatic rings. The molecule has 3 nitrogen and oxygen atoms in total. The first-order valence-electron chi connectivity index (χ1n) is 3.81. The molecular formula is C7H14F3N3. The lowest BCUT2D eigenvalue weighted by molar-refractivity contribution is -0.143. The molecule has 3 N–H and O–H groups in total. The number of nitrogens with one attached hydrogen (secondary N) is 1. The molecular weight excluding hydrogens is 183 g/mol. The van der Waals surface area contributed by atoms with E-state index in [4.69, 9.17) is 11.1 Å². The van der Waals surface area contributed by atoms with Gasteiger partial charge in [-0.25, -0.2) is 0 Å². The highest BCUT2D eigenvalue weighted by molar-refractivity contribution is 5.79. The molecule has 78 valence electrons. The molecule has 0 aromatic carbocycles. The average molecular weight is 197 g/mol. The summed E-state index contributed by atoms with van der Waals surface area (Å²) in [5.74, 6) is -0.429. The predicted octanol–water partition coefficient (Wildman–Crippen LogP) is 1.05. The summed E-state index contributed by atoms with van der Waals surface area (Å²) >= 11 is 0. The van der Waals surface area contributed by atoms with Gasteiger partial charge < -0.3 is 5.73 Å². The summed E-state index contributed by atoms with van der Waals surface area (Å²) in [6.45, 7) is 0.800. The van der Waals surface area contributed by atoms with E-state index in [1.54, 1.807) is 6.92 Å². The lowest BCUT2D eigenvalue weighted by Gasteiger charge is -2.21. The molecule has 0 rings (SSSR count). The second kappa shape index (κ2) is 4.45. The van der Waals surface area contributed by atoms with Gasteiger partial charge in [-0.05, 0) is 7.05 Å². The van der Waals surface area contributed by atoms with Crippen LogP contribution in [0.2, 0.25) is 0 Å². The van der Waals surface area contributed by atoms with Crippen molar-refractivity contribution in [3.63, 3.8) is 0 Å². The van der Waals surface area contributed by atoms with Crippen molar-refractivity contribution in [3.05, 3.63) is 0 Å². The number of nitrogens with zero attached hydrogens (tertiary/aromatic N) is 1. The maximum absolute atomic E-state index is 11.8. The number of halogens is 3. The van der Waals surface area contributed by atoms with E-state index in [0.29, 0.717) is 0 Å². The van der Waals surface area contributed by atoms with Crippen LogP contribution in [0.4, 0.5) is 13.2 Å². The van der Waals surface area contributed by atoms with Gasteiger partial charge in [0.25, 0.3) is 0 Å². The Labute approximate surface area is 75.2 Å². The van der Waals surface area contributed by atoms with Crippen molar-refractivity contribution in [1.29, 1.82) is 5.41 Å². The number of rotatable bonds is 4. The molecule has 0 saturated carbocycles. The van der Waals surface area contributed by atoms with Crippen LogP contribution in [0.15, 0.2) is 0 Å². The van der Waals surface area contributed by atoms with Crippen molar-refractivity contribution in [1.82, 2.24) is 4.90 Å². The smallest absolute Gasteiger partial charge is 0.387 e. The van der Waals surface area contributed by atoms with Gasteiger partial charge in [-0.3, -0.25) is 10.3 Å². The largest absolute Gasteiger partial charge is 0.401 e. The minimum atomic E-state index is -4.19. The van der Waals surface area contributed by atoms with Gasteiger partial charge in [-0.1, -0.05) is 6.92 Å². The minimum absolute atomic E-state index is 0.0889. The van der Waals surface area contributed by atoms with Crippen LogP contribution in [0.25, 0.3) is 0 Å². The Morgan fingerprint density at radius 3 is 2.31 bits per heavy atom. The molecule has 0 aromatic heterocycles. The number of hydrogen-bond donors (Lipinski definition) is 2. The van der Waals surface area contributed by atoms with Gasteiger partial charge in [0.2, 0.25) is 0 Å². The van der Waals surface area contributed by atoms with Crippen LogP contribution in [-0.4, -0.2) is 37.0 Å². The normalized spacial score (nSPS) is 14.6. The van der Waals surface area contributed by atoms with Gasteiger partial charge in [-0.15, -0.1) is 0 Å². The highest BCUT2D eigenvalue weighted by Gasteiger charge is 2.29. The van der Waals surface area contributed by atoms with E-state index in [-0.39, 0.29) is 18.3 Å². The maximum atomic E-state index is 11.8. The van der Waals surface area contributed by atoms with Gasteiger partial charge in [-0.2, -0.15) is 13.2 Å². The zero-order valence-electron chi connectivity index (χ0n) is 7.65. The zero-order chi connectivity index (χ0) is 10.6. The average Bonchev–Trinajstić information content (AvgIpc) is 1.81. The van der Waals surface area contributed by atoms with Crippen LogP contribution in [-0.2, 0) is 0 Å². The summed E-state index contributed by atoms with van der Waals surface area (Å²) in [5.41, 5.74) is 5.12. The van der Waals surface area contributed by atoms with E-state index < -0.39 is 12.7 Å². The highest BCUT2D eigenvalue weighted by atomic mass is 19.4. The highest BCUT2D eigenvalue weighted by Crippen LogP contribution is 2.15. The fourth-order valence-electron chi connectivity index (χ4n) is 0.936. The summed E-state index contributed by atoms with van der Waals surface area (Å²) in [6, 6.07) is 0. The first-order chi connectivity index (χ1) is 5.72. The van der Waals surface area contributed by atoms with Crippen LogP contribution in [0.3, 0.4) is 0 Å². The molecule has 0 fully saturated rings. The monoisotopic (exact) mass is 197 g/mol. The summed E-state index contributed by atoms with van der Waals surface area (Å²) in [4.78, 5) is 1.10. The Kier molecular flexibility index (Phi) is 4.19. The van der Waals surface area contributed by atoms with Gasteiger partial charge in [0.1, 0.15) is 0 Å². The van der Waals surface area contributed by atoms with Crippen LogP contribution in [0.1, 0.15) is 6.92 Å². The van der Waals surface area contributed by atoms with Crippen LogP contribution in [0, 0.1) is 11.3 Å². The summed E-state index contributed by atoms with van der Waals surface area (Å²) in [5, 5.41) is 6.99. The second-order valence-corrected chi connectivity index (χ2v) is 3.17. The van der Waals surface area contributed by atoms with E-state index >= 15 is 0 Å². The summed E-state index contributed by atoms with van der Waals surface area (Å²) in [6.07, 6.45) is -4.19. The Balaban J connectivity index is 3.88. The Hall–Kier alpha value is -0.780. The lowest BCUT2D eigenvalue weighted by atomic mass is 10.1. The SMILES string of the molecule is CC(CN(C)CC(F)(F)F)C(=N)N. The molecule has 1 atom stereocenters. The number of hydrogen-bond acceptors (Lipinski definition) is 2. The Morgan fingerprint density at radius 2 is 2.00 bits per heavy atom. The van der Waals surface area contributed by atoms with Gasteiger partial charge in [0.15, 0.2) is 0 Å². The fraction of sp³-hybridized carbons (Fsp3) is 0.857. The van der Waals surface area contributed by atoms with Gasteiger partial charge >= 0.3 is 6.18 Å². The molecule has 6 heteroatoms. The molecule has 1 unspecified atom stereocenters. The third kappa shape index (κ3) is 6.39. The molecule has 0 radical (unpaired) electrons. The molecule has 0 spiro atoms. The van der Waals surface area contributed by atoms with Crippen molar-refractivity contribution in [2.75, 3.05) is 20.1 Å². The number of nitrogens with two attached hydrogens (primary N) is 1.